The summed E-state index contributed by atoms with van der Waals surface area (Å²) in [5.41, 5.74) is 0.713. The van der Waals surface area contributed by atoms with Crippen molar-refractivity contribution in [2.75, 3.05) is 13.2 Å². The van der Waals surface area contributed by atoms with Crippen LogP contribution in [0.1, 0.15) is 44.2 Å². The Labute approximate surface area is 108 Å². The predicted molar refractivity (Wildman–Crippen MR) is 68.8 cm³/mol. The second-order valence-electron chi connectivity index (χ2n) is 4.72. The lowest BCUT2D eigenvalue weighted by molar-refractivity contribution is 0.0995. The van der Waals surface area contributed by atoms with Gasteiger partial charge in [-0.25, -0.2) is 4.39 Å². The van der Waals surface area contributed by atoms with Gasteiger partial charge in [0.25, 0.3) is 0 Å². The molecule has 18 heavy (non-hydrogen) atoms. The first-order chi connectivity index (χ1) is 8.81. The van der Waals surface area contributed by atoms with Gasteiger partial charge in [0.05, 0.1) is 12.3 Å². The monoisotopic (exact) mass is 252 g/mol. The summed E-state index contributed by atoms with van der Waals surface area (Å²) in [6.45, 7) is 3.75. The Bertz CT molecular complexity index is 367. The standard InChI is InChI=1S/C14H21FN2O/c1-2-17-14(6-5-11-4-3-9-18-11)12-7-8-16-10-13(12)15/h7-8,10-11,14,17H,2-6,9H2,1H3. The number of ether oxygens (including phenoxy) is 1. The number of halogens is 1. The normalized spacial score (nSPS) is 21.1. The van der Waals surface area contributed by atoms with Crippen LogP contribution in [0.5, 0.6) is 0 Å². The van der Waals surface area contributed by atoms with Gasteiger partial charge in [0.2, 0.25) is 0 Å². The summed E-state index contributed by atoms with van der Waals surface area (Å²) >= 11 is 0. The van der Waals surface area contributed by atoms with Crippen LogP contribution in [0.3, 0.4) is 0 Å². The molecule has 0 saturated carbocycles. The topological polar surface area (TPSA) is 34.1 Å². The molecule has 1 fully saturated rings. The van der Waals surface area contributed by atoms with E-state index in [9.17, 15) is 4.39 Å². The number of aromatic nitrogens is 1. The molecule has 0 aliphatic carbocycles. The van der Waals surface area contributed by atoms with E-state index in [4.69, 9.17) is 4.74 Å². The zero-order valence-electron chi connectivity index (χ0n) is 10.9. The minimum atomic E-state index is -0.226. The summed E-state index contributed by atoms with van der Waals surface area (Å²) in [5, 5.41) is 3.34. The quantitative estimate of drug-likeness (QED) is 0.845. The average molecular weight is 252 g/mol. The van der Waals surface area contributed by atoms with Crippen LogP contribution in [0.2, 0.25) is 0 Å². The summed E-state index contributed by atoms with van der Waals surface area (Å²) in [5.74, 6) is -0.226. The molecule has 1 N–H and O–H groups in total. The van der Waals surface area contributed by atoms with Crippen molar-refractivity contribution in [3.05, 3.63) is 29.8 Å². The Hall–Kier alpha value is -1.00. The van der Waals surface area contributed by atoms with Crippen LogP contribution in [0.4, 0.5) is 4.39 Å². The smallest absolute Gasteiger partial charge is 0.146 e. The fourth-order valence-electron chi connectivity index (χ4n) is 2.51. The molecule has 0 radical (unpaired) electrons. The third-order valence-electron chi connectivity index (χ3n) is 3.43. The molecule has 0 bridgehead atoms. The van der Waals surface area contributed by atoms with Crippen LogP contribution < -0.4 is 5.32 Å². The SMILES string of the molecule is CCNC(CCC1CCCO1)c1ccncc1F. The van der Waals surface area contributed by atoms with Gasteiger partial charge in [0, 0.05) is 24.4 Å². The van der Waals surface area contributed by atoms with Gasteiger partial charge in [0.1, 0.15) is 5.82 Å². The van der Waals surface area contributed by atoms with E-state index in [0.29, 0.717) is 11.7 Å². The largest absolute Gasteiger partial charge is 0.378 e. The van der Waals surface area contributed by atoms with Gasteiger partial charge in [-0.2, -0.15) is 0 Å². The van der Waals surface area contributed by atoms with Crippen LogP contribution in [0, 0.1) is 5.82 Å². The van der Waals surface area contributed by atoms with Crippen LogP contribution in [0.25, 0.3) is 0 Å². The molecule has 1 aromatic heterocycles. The van der Waals surface area contributed by atoms with Crippen molar-refractivity contribution in [2.45, 2.75) is 44.8 Å². The highest BCUT2D eigenvalue weighted by Gasteiger charge is 2.20. The van der Waals surface area contributed by atoms with Crippen LogP contribution in [0.15, 0.2) is 18.5 Å². The molecule has 0 spiro atoms. The average Bonchev–Trinajstić information content (AvgIpc) is 2.88. The molecular formula is C14H21FN2O. The van der Waals surface area contributed by atoms with Crippen molar-refractivity contribution in [1.29, 1.82) is 0 Å². The van der Waals surface area contributed by atoms with Gasteiger partial charge < -0.3 is 10.1 Å². The van der Waals surface area contributed by atoms with Crippen LogP contribution in [-0.2, 0) is 4.74 Å². The Morgan fingerprint density at radius 2 is 2.50 bits per heavy atom. The summed E-state index contributed by atoms with van der Waals surface area (Å²) in [6, 6.07) is 1.82. The van der Waals surface area contributed by atoms with Crippen molar-refractivity contribution >= 4 is 0 Å². The van der Waals surface area contributed by atoms with Gasteiger partial charge in [-0.05, 0) is 38.3 Å². The lowest BCUT2D eigenvalue weighted by atomic mass is 9.99. The summed E-state index contributed by atoms with van der Waals surface area (Å²) in [6.07, 6.45) is 7.47. The number of hydrogen-bond donors (Lipinski definition) is 1. The number of hydrogen-bond acceptors (Lipinski definition) is 3. The van der Waals surface area contributed by atoms with Crippen molar-refractivity contribution in [3.8, 4) is 0 Å². The first kappa shape index (κ1) is 13.4. The fraction of sp³-hybridized carbons (Fsp3) is 0.643. The predicted octanol–water partition coefficient (Wildman–Crippen LogP) is 2.83. The molecule has 0 aromatic carbocycles. The maximum Gasteiger partial charge on any atom is 0.146 e. The van der Waals surface area contributed by atoms with Crippen LogP contribution >= 0.6 is 0 Å². The Kier molecular flexibility index (Phi) is 5.08. The molecule has 0 amide bonds. The lowest BCUT2D eigenvalue weighted by Crippen LogP contribution is -2.23. The first-order valence-corrected chi connectivity index (χ1v) is 6.75. The minimum Gasteiger partial charge on any atom is -0.378 e. The van der Waals surface area contributed by atoms with Gasteiger partial charge in [-0.15, -0.1) is 0 Å². The maximum absolute atomic E-state index is 13.7. The molecule has 100 valence electrons. The van der Waals surface area contributed by atoms with Gasteiger partial charge in [0.15, 0.2) is 0 Å². The first-order valence-electron chi connectivity index (χ1n) is 6.75. The zero-order chi connectivity index (χ0) is 12.8. The molecule has 1 aliphatic heterocycles. The van der Waals surface area contributed by atoms with Gasteiger partial charge in [-0.3, -0.25) is 4.98 Å². The molecular weight excluding hydrogens is 231 g/mol. The molecule has 3 nitrogen and oxygen atoms in total. The molecule has 2 atom stereocenters. The van der Waals surface area contributed by atoms with Gasteiger partial charge >= 0.3 is 0 Å². The van der Waals surface area contributed by atoms with E-state index in [-0.39, 0.29) is 11.9 Å². The maximum atomic E-state index is 13.7. The lowest BCUT2D eigenvalue weighted by Gasteiger charge is -2.20. The van der Waals surface area contributed by atoms with Crippen molar-refractivity contribution in [2.24, 2.45) is 0 Å². The van der Waals surface area contributed by atoms with Crippen LogP contribution in [-0.4, -0.2) is 24.2 Å². The number of nitrogens with one attached hydrogen (secondary N) is 1. The third-order valence-corrected chi connectivity index (χ3v) is 3.43. The third kappa shape index (κ3) is 3.50. The molecule has 1 aromatic rings. The minimum absolute atomic E-state index is 0.0576. The van der Waals surface area contributed by atoms with Crippen molar-refractivity contribution < 1.29 is 9.13 Å². The van der Waals surface area contributed by atoms with E-state index in [1.807, 2.05) is 6.92 Å². The number of rotatable bonds is 6. The molecule has 2 heterocycles. The Morgan fingerprint density at radius 1 is 1.61 bits per heavy atom. The number of pyridine rings is 1. The fourth-order valence-corrected chi connectivity index (χ4v) is 2.51. The van der Waals surface area contributed by atoms with E-state index >= 15 is 0 Å². The summed E-state index contributed by atoms with van der Waals surface area (Å²) in [7, 11) is 0. The second-order valence-corrected chi connectivity index (χ2v) is 4.72. The molecule has 4 heteroatoms. The van der Waals surface area contributed by atoms with Gasteiger partial charge in [-0.1, -0.05) is 6.92 Å². The molecule has 2 unspecified atom stereocenters. The van der Waals surface area contributed by atoms with E-state index in [1.54, 1.807) is 12.3 Å². The number of nitrogens with zero attached hydrogens (tertiary/aromatic N) is 1. The van der Waals surface area contributed by atoms with E-state index < -0.39 is 0 Å². The highest BCUT2D eigenvalue weighted by atomic mass is 19.1. The summed E-state index contributed by atoms with van der Waals surface area (Å²) in [4.78, 5) is 3.80. The summed E-state index contributed by atoms with van der Waals surface area (Å²) < 4.78 is 19.3. The Morgan fingerprint density at radius 3 is 3.17 bits per heavy atom. The second kappa shape index (κ2) is 6.81. The molecule has 2 rings (SSSR count). The molecule has 1 saturated heterocycles. The van der Waals surface area contributed by atoms with E-state index in [0.717, 1.165) is 38.8 Å². The zero-order valence-corrected chi connectivity index (χ0v) is 10.9. The highest BCUT2D eigenvalue weighted by Crippen LogP contribution is 2.25. The highest BCUT2D eigenvalue weighted by molar-refractivity contribution is 5.17. The Balaban J connectivity index is 1.96. The van der Waals surface area contributed by atoms with E-state index in [2.05, 4.69) is 10.3 Å². The van der Waals surface area contributed by atoms with E-state index in [1.165, 1.54) is 6.20 Å². The van der Waals surface area contributed by atoms with Crippen molar-refractivity contribution in [3.63, 3.8) is 0 Å². The van der Waals surface area contributed by atoms with Crippen molar-refractivity contribution in [1.82, 2.24) is 10.3 Å². The molecule has 1 aliphatic rings.